The van der Waals surface area contributed by atoms with E-state index in [1.165, 1.54) is 0 Å². The van der Waals surface area contributed by atoms with Crippen molar-refractivity contribution in [3.8, 4) is 22.6 Å². The SMILES string of the molecule is CCc1nn2c(C)c(C(=O)Nc3cccc(C)c3)nnc2c1-c1ccc(OC)c(OC)c1. The van der Waals surface area contributed by atoms with E-state index in [2.05, 4.69) is 15.5 Å². The monoisotopic (exact) mass is 431 g/mol. The smallest absolute Gasteiger partial charge is 0.278 e. The molecule has 0 fully saturated rings. The van der Waals surface area contributed by atoms with Crippen molar-refractivity contribution < 1.29 is 14.3 Å². The maximum absolute atomic E-state index is 12.9. The second-order valence-corrected chi connectivity index (χ2v) is 7.44. The molecule has 0 radical (unpaired) electrons. The lowest BCUT2D eigenvalue weighted by Crippen LogP contribution is -2.18. The second-order valence-electron chi connectivity index (χ2n) is 7.44. The van der Waals surface area contributed by atoms with Gasteiger partial charge in [0.05, 0.1) is 31.2 Å². The Morgan fingerprint density at radius 1 is 1.03 bits per heavy atom. The van der Waals surface area contributed by atoms with Gasteiger partial charge in [0.2, 0.25) is 0 Å². The molecule has 1 N–H and O–H groups in total. The largest absolute Gasteiger partial charge is 0.493 e. The van der Waals surface area contributed by atoms with E-state index in [-0.39, 0.29) is 11.6 Å². The van der Waals surface area contributed by atoms with Crippen LogP contribution in [0.1, 0.15) is 34.4 Å². The summed E-state index contributed by atoms with van der Waals surface area (Å²) in [7, 11) is 3.20. The topological polar surface area (TPSA) is 90.6 Å². The zero-order chi connectivity index (χ0) is 22.8. The molecule has 0 aliphatic carbocycles. The van der Waals surface area contributed by atoms with Crippen LogP contribution in [-0.4, -0.2) is 39.9 Å². The number of anilines is 1. The van der Waals surface area contributed by atoms with Crippen molar-refractivity contribution in [2.24, 2.45) is 0 Å². The highest BCUT2D eigenvalue weighted by Crippen LogP contribution is 2.35. The lowest BCUT2D eigenvalue weighted by atomic mass is 10.0. The number of fused-ring (bicyclic) bond motifs is 1. The zero-order valence-electron chi connectivity index (χ0n) is 18.8. The van der Waals surface area contributed by atoms with Gasteiger partial charge in [0.15, 0.2) is 22.8 Å². The molecule has 0 saturated heterocycles. The molecule has 4 aromatic rings. The minimum Gasteiger partial charge on any atom is -0.493 e. The third-order valence-corrected chi connectivity index (χ3v) is 5.34. The molecule has 2 heterocycles. The highest BCUT2D eigenvalue weighted by Gasteiger charge is 2.22. The molecule has 32 heavy (non-hydrogen) atoms. The van der Waals surface area contributed by atoms with Gasteiger partial charge in [0.1, 0.15) is 0 Å². The van der Waals surface area contributed by atoms with Crippen LogP contribution in [0.25, 0.3) is 16.8 Å². The van der Waals surface area contributed by atoms with Crippen LogP contribution in [0.4, 0.5) is 5.69 Å². The van der Waals surface area contributed by atoms with E-state index in [1.807, 2.05) is 63.2 Å². The highest BCUT2D eigenvalue weighted by atomic mass is 16.5. The lowest BCUT2D eigenvalue weighted by molar-refractivity contribution is 0.102. The first-order chi connectivity index (χ1) is 15.5. The fraction of sp³-hybridized carbons (Fsp3) is 0.250. The van der Waals surface area contributed by atoms with E-state index >= 15 is 0 Å². The van der Waals surface area contributed by atoms with Crippen LogP contribution in [0.3, 0.4) is 0 Å². The fourth-order valence-corrected chi connectivity index (χ4v) is 3.71. The maximum Gasteiger partial charge on any atom is 0.278 e. The predicted molar refractivity (Wildman–Crippen MR) is 123 cm³/mol. The average Bonchev–Trinajstić information content (AvgIpc) is 3.18. The minimum atomic E-state index is -0.330. The Hall–Kier alpha value is -3.94. The first-order valence-corrected chi connectivity index (χ1v) is 10.3. The number of methoxy groups -OCH3 is 2. The maximum atomic E-state index is 12.9. The number of ether oxygens (including phenoxy) is 2. The Morgan fingerprint density at radius 3 is 2.50 bits per heavy atom. The normalized spacial score (nSPS) is 10.9. The molecule has 8 nitrogen and oxygen atoms in total. The van der Waals surface area contributed by atoms with Crippen molar-refractivity contribution >= 4 is 17.2 Å². The summed E-state index contributed by atoms with van der Waals surface area (Å²) in [5, 5.41) is 16.3. The average molecular weight is 431 g/mol. The van der Waals surface area contributed by atoms with E-state index in [9.17, 15) is 4.79 Å². The molecule has 0 bridgehead atoms. The fourth-order valence-electron chi connectivity index (χ4n) is 3.71. The van der Waals surface area contributed by atoms with Gasteiger partial charge in [0.25, 0.3) is 5.91 Å². The van der Waals surface area contributed by atoms with E-state index in [1.54, 1.807) is 18.7 Å². The molecule has 0 spiro atoms. The van der Waals surface area contributed by atoms with Gasteiger partial charge in [-0.1, -0.05) is 25.1 Å². The van der Waals surface area contributed by atoms with Crippen LogP contribution in [0, 0.1) is 13.8 Å². The molecular weight excluding hydrogens is 406 g/mol. The Balaban J connectivity index is 1.79. The molecule has 0 aliphatic rings. The summed E-state index contributed by atoms with van der Waals surface area (Å²) < 4.78 is 12.5. The third-order valence-electron chi connectivity index (χ3n) is 5.34. The van der Waals surface area contributed by atoms with Gasteiger partial charge >= 0.3 is 0 Å². The summed E-state index contributed by atoms with van der Waals surface area (Å²) >= 11 is 0. The van der Waals surface area contributed by atoms with Crippen LogP contribution in [0.2, 0.25) is 0 Å². The van der Waals surface area contributed by atoms with Crippen LogP contribution < -0.4 is 14.8 Å². The Labute approximate surface area is 186 Å². The second kappa shape index (κ2) is 8.66. The van der Waals surface area contributed by atoms with E-state index < -0.39 is 0 Å². The predicted octanol–water partition coefficient (Wildman–Crippen LogP) is 4.24. The molecule has 4 rings (SSSR count). The van der Waals surface area contributed by atoms with Crippen molar-refractivity contribution in [1.29, 1.82) is 0 Å². The summed E-state index contributed by atoms with van der Waals surface area (Å²) in [6, 6.07) is 13.3. The number of aromatic nitrogens is 4. The standard InChI is InChI=1S/C24H25N5O3/c1-6-18-21(16-10-11-19(31-4)20(13-16)32-5)23-27-26-22(15(3)29(23)28-18)24(30)25-17-9-7-8-14(2)12-17/h7-13H,6H2,1-5H3,(H,25,30). The van der Waals surface area contributed by atoms with Gasteiger partial charge in [-0.2, -0.15) is 5.10 Å². The quantitative estimate of drug-likeness (QED) is 0.491. The number of carbonyl (C=O) groups is 1. The van der Waals surface area contributed by atoms with E-state index in [0.29, 0.717) is 34.9 Å². The number of nitrogens with zero attached hydrogens (tertiary/aromatic N) is 4. The van der Waals surface area contributed by atoms with Gasteiger partial charge in [-0.15, -0.1) is 10.2 Å². The minimum absolute atomic E-state index is 0.225. The first-order valence-electron chi connectivity index (χ1n) is 10.3. The number of nitrogens with one attached hydrogen (secondary N) is 1. The van der Waals surface area contributed by atoms with Crippen molar-refractivity contribution in [3.63, 3.8) is 0 Å². The van der Waals surface area contributed by atoms with E-state index in [0.717, 1.165) is 22.4 Å². The van der Waals surface area contributed by atoms with Gasteiger partial charge in [-0.05, 0) is 55.7 Å². The number of rotatable bonds is 6. The Morgan fingerprint density at radius 2 is 1.81 bits per heavy atom. The number of hydrogen-bond acceptors (Lipinski definition) is 6. The summed E-state index contributed by atoms with van der Waals surface area (Å²) in [5.41, 5.74) is 5.78. The van der Waals surface area contributed by atoms with Crippen LogP contribution in [0.15, 0.2) is 42.5 Å². The van der Waals surface area contributed by atoms with Crippen LogP contribution in [-0.2, 0) is 6.42 Å². The Bertz CT molecular complexity index is 1310. The summed E-state index contributed by atoms with van der Waals surface area (Å²) in [5.74, 6) is 0.928. The molecule has 0 saturated carbocycles. The van der Waals surface area contributed by atoms with Gasteiger partial charge < -0.3 is 14.8 Å². The number of amides is 1. The summed E-state index contributed by atoms with van der Waals surface area (Å²) in [6.07, 6.45) is 0.692. The molecule has 0 unspecified atom stereocenters. The van der Waals surface area contributed by atoms with Crippen molar-refractivity contribution in [2.45, 2.75) is 27.2 Å². The first kappa shape index (κ1) is 21.3. The third kappa shape index (κ3) is 3.75. The summed E-state index contributed by atoms with van der Waals surface area (Å²) in [4.78, 5) is 12.9. The summed E-state index contributed by atoms with van der Waals surface area (Å²) in [6.45, 7) is 5.82. The molecule has 8 heteroatoms. The molecule has 0 atom stereocenters. The molecular formula is C24H25N5O3. The number of aryl methyl sites for hydroxylation is 3. The lowest BCUT2D eigenvalue weighted by Gasteiger charge is -2.10. The number of benzene rings is 2. The number of hydrogen-bond donors (Lipinski definition) is 1. The van der Waals surface area contributed by atoms with Crippen molar-refractivity contribution in [3.05, 3.63) is 65.1 Å². The number of carbonyl (C=O) groups excluding carboxylic acids is 1. The van der Waals surface area contributed by atoms with Crippen molar-refractivity contribution in [2.75, 3.05) is 19.5 Å². The molecule has 2 aromatic carbocycles. The van der Waals surface area contributed by atoms with Gasteiger partial charge in [-0.25, -0.2) is 4.52 Å². The van der Waals surface area contributed by atoms with Crippen molar-refractivity contribution in [1.82, 2.24) is 19.8 Å². The van der Waals surface area contributed by atoms with E-state index in [4.69, 9.17) is 14.6 Å². The van der Waals surface area contributed by atoms with Gasteiger partial charge in [-0.3, -0.25) is 4.79 Å². The molecule has 164 valence electrons. The highest BCUT2D eigenvalue weighted by molar-refractivity contribution is 6.03. The Kier molecular flexibility index (Phi) is 5.77. The zero-order valence-corrected chi connectivity index (χ0v) is 18.8. The molecule has 1 amide bonds. The molecule has 2 aromatic heterocycles. The van der Waals surface area contributed by atoms with Crippen LogP contribution in [0.5, 0.6) is 11.5 Å². The van der Waals surface area contributed by atoms with Gasteiger partial charge in [0, 0.05) is 5.69 Å². The molecule has 0 aliphatic heterocycles. The van der Waals surface area contributed by atoms with Crippen LogP contribution >= 0.6 is 0 Å².